The molecule has 0 aliphatic rings. The summed E-state index contributed by atoms with van der Waals surface area (Å²) in [5.74, 6) is 0.459. The lowest BCUT2D eigenvalue weighted by Crippen LogP contribution is -2.41. The second-order valence-electron chi connectivity index (χ2n) is 6.62. The number of ether oxygens (including phenoxy) is 1. The third kappa shape index (κ3) is 5.54. The van der Waals surface area contributed by atoms with Gasteiger partial charge in [0.1, 0.15) is 0 Å². The van der Waals surface area contributed by atoms with Gasteiger partial charge in [0, 0.05) is 29.7 Å². The predicted molar refractivity (Wildman–Crippen MR) is 115 cm³/mol. The van der Waals surface area contributed by atoms with Crippen LogP contribution in [0.25, 0.3) is 11.3 Å². The quantitative estimate of drug-likeness (QED) is 0.320. The number of hydrogen-bond acceptors (Lipinski definition) is 6. The maximum absolute atomic E-state index is 10.9. The van der Waals surface area contributed by atoms with Gasteiger partial charge in [-0.2, -0.15) is 0 Å². The molecule has 158 valence electrons. The highest BCUT2D eigenvalue weighted by Gasteiger charge is 2.16. The Bertz CT molecular complexity index is 991. The van der Waals surface area contributed by atoms with Crippen LogP contribution in [0.5, 0.6) is 5.75 Å². The molecule has 0 aliphatic carbocycles. The molecule has 1 aromatic heterocycles. The van der Waals surface area contributed by atoms with Crippen LogP contribution in [-0.2, 0) is 0 Å². The molecule has 1 heterocycles. The molecule has 0 radical (unpaired) electrons. The summed E-state index contributed by atoms with van der Waals surface area (Å²) in [6.45, 7) is 3.04. The van der Waals surface area contributed by atoms with Gasteiger partial charge in [-0.25, -0.2) is 10.2 Å². The molecule has 2 aromatic carbocycles. The molecule has 0 amide bonds. The molecule has 7 nitrogen and oxygen atoms in total. The van der Waals surface area contributed by atoms with Crippen LogP contribution in [0, 0.1) is 0 Å². The van der Waals surface area contributed by atoms with Gasteiger partial charge < -0.3 is 24.4 Å². The zero-order valence-corrected chi connectivity index (χ0v) is 17.2. The van der Waals surface area contributed by atoms with Crippen molar-refractivity contribution in [2.24, 2.45) is 0 Å². The topological polar surface area (TPSA) is 95.2 Å². The summed E-state index contributed by atoms with van der Waals surface area (Å²) in [6, 6.07) is 16.0. The number of nitrogens with zero attached hydrogens (tertiary/aromatic N) is 1. The van der Waals surface area contributed by atoms with Crippen LogP contribution in [0.3, 0.4) is 0 Å². The van der Waals surface area contributed by atoms with Gasteiger partial charge in [-0.15, -0.1) is 0 Å². The second kappa shape index (κ2) is 10.2. The minimum atomic E-state index is -1.40. The van der Waals surface area contributed by atoms with Crippen LogP contribution >= 0.6 is 11.6 Å². The van der Waals surface area contributed by atoms with Crippen LogP contribution in [-0.4, -0.2) is 29.5 Å². The monoisotopic (exact) mass is 430 g/mol. The highest BCUT2D eigenvalue weighted by atomic mass is 35.5. The number of aliphatic hydroxyl groups is 1. The lowest BCUT2D eigenvalue weighted by atomic mass is 10.1. The minimum absolute atomic E-state index is 0.131. The summed E-state index contributed by atoms with van der Waals surface area (Å²) in [4.78, 5) is 10.9. The highest BCUT2D eigenvalue weighted by Crippen LogP contribution is 2.33. The Labute approximate surface area is 179 Å². The first-order valence-electron chi connectivity index (χ1n) is 9.51. The second-order valence-corrected chi connectivity index (χ2v) is 7.05. The summed E-state index contributed by atoms with van der Waals surface area (Å²) in [5.41, 5.74) is 5.50. The van der Waals surface area contributed by atoms with Crippen LogP contribution < -0.4 is 15.2 Å². The van der Waals surface area contributed by atoms with E-state index in [4.69, 9.17) is 25.9 Å². The molecule has 3 aromatic rings. The Morgan fingerprint density at radius 3 is 2.77 bits per heavy atom. The number of rotatable bonds is 9. The lowest BCUT2D eigenvalue weighted by Gasteiger charge is -2.27. The van der Waals surface area contributed by atoms with Gasteiger partial charge in [0.15, 0.2) is 11.5 Å². The fourth-order valence-corrected chi connectivity index (χ4v) is 3.25. The van der Waals surface area contributed by atoms with Crippen LogP contribution in [0.2, 0.25) is 5.02 Å². The lowest BCUT2D eigenvalue weighted by molar-refractivity contribution is 0.144. The van der Waals surface area contributed by atoms with Crippen molar-refractivity contribution in [2.75, 3.05) is 18.1 Å². The number of hydrazine groups is 1. The Hall–Kier alpha value is -3.00. The first kappa shape index (κ1) is 21.7. The maximum Gasteiger partial charge on any atom is 0.511 e. The summed E-state index contributed by atoms with van der Waals surface area (Å²) in [7, 11) is 0. The third-order valence-electron chi connectivity index (χ3n) is 4.40. The van der Waals surface area contributed by atoms with E-state index in [1.54, 1.807) is 18.2 Å². The molecule has 3 rings (SSSR count). The Morgan fingerprint density at radius 2 is 2.03 bits per heavy atom. The molecule has 8 heteroatoms. The number of halogens is 1. The van der Waals surface area contributed by atoms with Crippen molar-refractivity contribution in [1.82, 2.24) is 5.43 Å². The highest BCUT2D eigenvalue weighted by molar-refractivity contribution is 6.30. The average molecular weight is 431 g/mol. The molecule has 0 unspecified atom stereocenters. The van der Waals surface area contributed by atoms with Gasteiger partial charge in [-0.1, -0.05) is 42.8 Å². The van der Waals surface area contributed by atoms with Crippen molar-refractivity contribution in [3.05, 3.63) is 71.4 Å². The molecular formula is C22H23ClN2O5. The van der Waals surface area contributed by atoms with E-state index in [2.05, 4.69) is 12.3 Å². The number of aliphatic hydroxyl groups excluding tert-OH is 1. The normalized spacial score (nSPS) is 11.8. The van der Waals surface area contributed by atoms with Crippen molar-refractivity contribution in [1.29, 1.82) is 0 Å². The van der Waals surface area contributed by atoms with E-state index in [0.29, 0.717) is 29.4 Å². The van der Waals surface area contributed by atoms with Gasteiger partial charge in [0.25, 0.3) is 0 Å². The smallest absolute Gasteiger partial charge is 0.460 e. The van der Waals surface area contributed by atoms with E-state index >= 15 is 0 Å². The number of benzene rings is 2. The van der Waals surface area contributed by atoms with E-state index in [9.17, 15) is 9.90 Å². The first-order chi connectivity index (χ1) is 14.5. The number of carboxylic acid groups (broad SMARTS) is 1. The molecule has 3 N–H and O–H groups in total. The van der Waals surface area contributed by atoms with Crippen molar-refractivity contribution >= 4 is 23.4 Å². The van der Waals surface area contributed by atoms with E-state index in [1.807, 2.05) is 35.3 Å². The van der Waals surface area contributed by atoms with E-state index in [1.165, 1.54) is 12.3 Å². The largest absolute Gasteiger partial charge is 0.511 e. The molecular weight excluding hydrogens is 408 g/mol. The summed E-state index contributed by atoms with van der Waals surface area (Å²) in [6.07, 6.45) is 0.118. The van der Waals surface area contributed by atoms with Gasteiger partial charge in [0.2, 0.25) is 0 Å². The number of anilines is 1. The standard InChI is InChI=1S/C22H23ClN2O5/c1-2-10-25(24-14-19(26)15-5-3-7-17(23)12-15)18-8-4-6-16(13-18)21-20(9-11-29-21)30-22(27)28/h3-9,11-13,19,24,26H,2,10,14H2,1H3,(H,27,28)/t19-/m0/s1. The SMILES string of the molecule is CCCN(NC[C@H](O)c1cccc(Cl)c1)c1cccc(-c2occc2OC(=O)O)c1. The third-order valence-corrected chi connectivity index (χ3v) is 4.64. The number of nitrogens with one attached hydrogen (secondary N) is 1. The zero-order chi connectivity index (χ0) is 21.5. The molecule has 0 aliphatic heterocycles. The number of furan rings is 1. The van der Waals surface area contributed by atoms with Crippen LogP contribution in [0.1, 0.15) is 25.0 Å². The van der Waals surface area contributed by atoms with Crippen molar-refractivity contribution < 1.29 is 24.2 Å². The molecule has 30 heavy (non-hydrogen) atoms. The zero-order valence-electron chi connectivity index (χ0n) is 16.4. The van der Waals surface area contributed by atoms with E-state index < -0.39 is 12.3 Å². The van der Waals surface area contributed by atoms with E-state index in [-0.39, 0.29) is 5.75 Å². The van der Waals surface area contributed by atoms with Crippen molar-refractivity contribution in [3.63, 3.8) is 0 Å². The molecule has 0 saturated carbocycles. The summed E-state index contributed by atoms with van der Waals surface area (Å²) in [5, 5.41) is 21.9. The fourth-order valence-electron chi connectivity index (χ4n) is 3.05. The minimum Gasteiger partial charge on any atom is -0.460 e. The van der Waals surface area contributed by atoms with E-state index in [0.717, 1.165) is 17.7 Å². The Morgan fingerprint density at radius 1 is 1.23 bits per heavy atom. The van der Waals surface area contributed by atoms with Gasteiger partial charge in [-0.3, -0.25) is 0 Å². The van der Waals surface area contributed by atoms with Crippen LogP contribution in [0.15, 0.2) is 65.3 Å². The van der Waals surface area contributed by atoms with Gasteiger partial charge >= 0.3 is 6.16 Å². The number of hydrogen-bond donors (Lipinski definition) is 3. The molecule has 0 spiro atoms. The van der Waals surface area contributed by atoms with Crippen LogP contribution in [0.4, 0.5) is 10.5 Å². The molecule has 0 saturated heterocycles. The summed E-state index contributed by atoms with van der Waals surface area (Å²) < 4.78 is 10.2. The fraction of sp³-hybridized carbons (Fsp3) is 0.227. The predicted octanol–water partition coefficient (Wildman–Crippen LogP) is 5.11. The van der Waals surface area contributed by atoms with Crippen molar-refractivity contribution in [3.8, 4) is 17.1 Å². The maximum atomic E-state index is 10.9. The first-order valence-corrected chi connectivity index (χ1v) is 9.89. The number of carbonyl (C=O) groups is 1. The molecule has 1 atom stereocenters. The Kier molecular flexibility index (Phi) is 7.35. The molecule has 0 bridgehead atoms. The average Bonchev–Trinajstić information content (AvgIpc) is 3.18. The van der Waals surface area contributed by atoms with Gasteiger partial charge in [0.05, 0.1) is 18.1 Å². The Balaban J connectivity index is 1.77. The van der Waals surface area contributed by atoms with Crippen molar-refractivity contribution in [2.45, 2.75) is 19.4 Å². The molecule has 0 fully saturated rings. The van der Waals surface area contributed by atoms with Gasteiger partial charge in [-0.05, 0) is 36.2 Å². The summed E-state index contributed by atoms with van der Waals surface area (Å²) >= 11 is 6.01.